The fraction of sp³-hybridized carbons (Fsp3) is 0.900. The Morgan fingerprint density at radius 1 is 1.31 bits per heavy atom. The maximum absolute atomic E-state index is 10.5. The predicted molar refractivity (Wildman–Crippen MR) is 53.4 cm³/mol. The molecule has 0 aromatic carbocycles. The van der Waals surface area contributed by atoms with Gasteiger partial charge in [0, 0.05) is 5.54 Å². The summed E-state index contributed by atoms with van der Waals surface area (Å²) in [5, 5.41) is 0. The molecule has 3 heteroatoms. The van der Waals surface area contributed by atoms with Crippen LogP contribution in [0.15, 0.2) is 0 Å². The van der Waals surface area contributed by atoms with E-state index in [2.05, 4.69) is 26.3 Å². The van der Waals surface area contributed by atoms with Gasteiger partial charge in [0.25, 0.3) is 0 Å². The lowest BCUT2D eigenvalue weighted by Crippen LogP contribution is -2.45. The summed E-state index contributed by atoms with van der Waals surface area (Å²) in [5.41, 5.74) is 2.10. The molecule has 0 aliphatic carbocycles. The molecule has 3 nitrogen and oxygen atoms in total. The van der Waals surface area contributed by atoms with Crippen molar-refractivity contribution in [3.05, 3.63) is 0 Å². The summed E-state index contributed by atoms with van der Waals surface area (Å²) in [5.74, 6) is 0. The molecule has 0 atom stereocenters. The van der Waals surface area contributed by atoms with Gasteiger partial charge < -0.3 is 4.79 Å². The second-order valence-corrected chi connectivity index (χ2v) is 4.56. The molecular weight excluding hydrogens is 166 g/mol. The van der Waals surface area contributed by atoms with Crippen molar-refractivity contribution in [2.45, 2.75) is 58.6 Å². The summed E-state index contributed by atoms with van der Waals surface area (Å²) in [6.45, 7) is 9.69. The van der Waals surface area contributed by atoms with Crippen LogP contribution in [0, 0.1) is 0 Å². The van der Waals surface area contributed by atoms with E-state index in [-0.39, 0.29) is 5.54 Å². The van der Waals surface area contributed by atoms with Crippen LogP contribution in [0.3, 0.4) is 0 Å². The van der Waals surface area contributed by atoms with Gasteiger partial charge in [0.05, 0.1) is 0 Å². The number of nitrogens with one attached hydrogen (secondary N) is 1. The maximum atomic E-state index is 10.5. The van der Waals surface area contributed by atoms with E-state index in [0.29, 0.717) is 0 Å². The molecule has 0 amide bonds. The third kappa shape index (κ3) is 5.77. The molecule has 0 unspecified atom stereocenters. The molecule has 0 aliphatic rings. The molecule has 0 fully saturated rings. The average molecular weight is 187 g/mol. The first kappa shape index (κ1) is 12.6. The molecule has 0 aliphatic heterocycles. The van der Waals surface area contributed by atoms with E-state index < -0.39 is 5.60 Å². The Bertz CT molecular complexity index is 164. The van der Waals surface area contributed by atoms with Crippen molar-refractivity contribution in [3.63, 3.8) is 0 Å². The Kier molecular flexibility index (Phi) is 4.57. The van der Waals surface area contributed by atoms with Crippen molar-refractivity contribution in [3.8, 4) is 0 Å². The van der Waals surface area contributed by atoms with E-state index in [1.807, 2.05) is 0 Å². The van der Waals surface area contributed by atoms with Gasteiger partial charge >= 0.3 is 0 Å². The molecule has 0 radical (unpaired) electrons. The van der Waals surface area contributed by atoms with Crippen LogP contribution in [-0.4, -0.2) is 17.4 Å². The molecule has 0 aromatic rings. The highest BCUT2D eigenvalue weighted by atomic mass is 16.7. The number of carbonyl (C=O) groups is 1. The normalized spacial score (nSPS) is 13.0. The first-order valence-corrected chi connectivity index (χ1v) is 4.74. The third-order valence-corrected chi connectivity index (χ3v) is 1.75. The van der Waals surface area contributed by atoms with Gasteiger partial charge in [-0.1, -0.05) is 13.3 Å². The van der Waals surface area contributed by atoms with Crippen molar-refractivity contribution in [2.24, 2.45) is 0 Å². The average Bonchev–Trinajstić information content (AvgIpc) is 2.02. The van der Waals surface area contributed by atoms with Crippen LogP contribution in [0.5, 0.6) is 0 Å². The fourth-order valence-electron chi connectivity index (χ4n) is 0.970. The Morgan fingerprint density at radius 2 is 1.85 bits per heavy atom. The minimum atomic E-state index is -0.745. The zero-order valence-corrected chi connectivity index (χ0v) is 9.31. The lowest BCUT2D eigenvalue weighted by atomic mass is 10.0. The van der Waals surface area contributed by atoms with Gasteiger partial charge in [-0.2, -0.15) is 5.48 Å². The number of hydrogen-bond donors (Lipinski definition) is 1. The van der Waals surface area contributed by atoms with Crippen LogP contribution >= 0.6 is 0 Å². The summed E-state index contributed by atoms with van der Waals surface area (Å²) in [4.78, 5) is 15.8. The Balaban J connectivity index is 3.93. The smallest absolute Gasteiger partial charge is 0.153 e. The topological polar surface area (TPSA) is 38.3 Å². The molecule has 0 spiro atoms. The second kappa shape index (κ2) is 4.72. The predicted octanol–water partition coefficient (Wildman–Crippen LogP) is 2.06. The van der Waals surface area contributed by atoms with E-state index in [1.54, 1.807) is 13.8 Å². The molecule has 0 rings (SSSR count). The standard InChI is InChI=1S/C10H21NO2/c1-6-7-9(2,3)11-13-10(4,5)8-12/h8,11H,6-7H2,1-5H3. The minimum absolute atomic E-state index is 0.0744. The molecule has 0 saturated heterocycles. The van der Waals surface area contributed by atoms with Crippen molar-refractivity contribution < 1.29 is 9.63 Å². The summed E-state index contributed by atoms with van der Waals surface area (Å²) < 4.78 is 0. The van der Waals surface area contributed by atoms with E-state index in [9.17, 15) is 4.79 Å². The Morgan fingerprint density at radius 3 is 2.23 bits per heavy atom. The van der Waals surface area contributed by atoms with Crippen molar-refractivity contribution in [1.82, 2.24) is 5.48 Å². The Labute approximate surface area is 80.8 Å². The van der Waals surface area contributed by atoms with Crippen LogP contribution < -0.4 is 5.48 Å². The van der Waals surface area contributed by atoms with Crippen LogP contribution in [-0.2, 0) is 9.63 Å². The maximum Gasteiger partial charge on any atom is 0.153 e. The van der Waals surface area contributed by atoms with E-state index in [4.69, 9.17) is 4.84 Å². The number of carbonyl (C=O) groups excluding carboxylic acids is 1. The van der Waals surface area contributed by atoms with Gasteiger partial charge in [-0.3, -0.25) is 4.84 Å². The summed E-state index contributed by atoms with van der Waals surface area (Å²) in [6, 6.07) is 0. The van der Waals surface area contributed by atoms with Gasteiger partial charge in [0.15, 0.2) is 6.29 Å². The zero-order chi connectivity index (χ0) is 10.5. The number of hydrogen-bond acceptors (Lipinski definition) is 3. The van der Waals surface area contributed by atoms with Crippen LogP contribution in [0.4, 0.5) is 0 Å². The summed E-state index contributed by atoms with van der Waals surface area (Å²) in [6.07, 6.45) is 2.90. The highest BCUT2D eigenvalue weighted by Gasteiger charge is 2.23. The molecule has 0 saturated carbocycles. The van der Waals surface area contributed by atoms with Crippen molar-refractivity contribution in [1.29, 1.82) is 0 Å². The molecule has 0 aromatic heterocycles. The van der Waals surface area contributed by atoms with Gasteiger partial charge in [0.2, 0.25) is 0 Å². The zero-order valence-electron chi connectivity index (χ0n) is 9.31. The van der Waals surface area contributed by atoms with Gasteiger partial charge in [0.1, 0.15) is 5.60 Å². The largest absolute Gasteiger partial charge is 0.300 e. The first-order chi connectivity index (χ1) is 5.83. The molecule has 0 heterocycles. The SMILES string of the molecule is CCCC(C)(C)NOC(C)(C)C=O. The van der Waals surface area contributed by atoms with Gasteiger partial charge in [-0.25, -0.2) is 0 Å². The molecular formula is C10H21NO2. The highest BCUT2D eigenvalue weighted by molar-refractivity contribution is 5.60. The minimum Gasteiger partial charge on any atom is -0.300 e. The number of hydroxylamine groups is 1. The summed E-state index contributed by atoms with van der Waals surface area (Å²) in [7, 11) is 0. The lowest BCUT2D eigenvalue weighted by Gasteiger charge is -2.29. The monoisotopic (exact) mass is 187 g/mol. The Hall–Kier alpha value is -0.410. The summed E-state index contributed by atoms with van der Waals surface area (Å²) >= 11 is 0. The second-order valence-electron chi connectivity index (χ2n) is 4.56. The van der Waals surface area contributed by atoms with Crippen LogP contribution in [0.25, 0.3) is 0 Å². The van der Waals surface area contributed by atoms with Gasteiger partial charge in [-0.15, -0.1) is 0 Å². The molecule has 1 N–H and O–H groups in total. The molecule has 0 bridgehead atoms. The fourth-order valence-corrected chi connectivity index (χ4v) is 0.970. The first-order valence-electron chi connectivity index (χ1n) is 4.74. The van der Waals surface area contributed by atoms with E-state index in [0.717, 1.165) is 19.1 Å². The van der Waals surface area contributed by atoms with Crippen molar-refractivity contribution >= 4 is 6.29 Å². The van der Waals surface area contributed by atoms with Crippen LogP contribution in [0.2, 0.25) is 0 Å². The number of aldehydes is 1. The van der Waals surface area contributed by atoms with E-state index in [1.165, 1.54) is 0 Å². The third-order valence-electron chi connectivity index (χ3n) is 1.75. The highest BCUT2D eigenvalue weighted by Crippen LogP contribution is 2.13. The molecule has 78 valence electrons. The van der Waals surface area contributed by atoms with Crippen LogP contribution in [0.1, 0.15) is 47.5 Å². The quantitative estimate of drug-likeness (QED) is 0.511. The lowest BCUT2D eigenvalue weighted by molar-refractivity contribution is -0.145. The van der Waals surface area contributed by atoms with Crippen molar-refractivity contribution in [2.75, 3.05) is 0 Å². The molecule has 13 heavy (non-hydrogen) atoms. The van der Waals surface area contributed by atoms with E-state index >= 15 is 0 Å². The number of rotatable bonds is 6. The van der Waals surface area contributed by atoms with Gasteiger partial charge in [-0.05, 0) is 34.1 Å².